The average Bonchev–Trinajstić information content (AvgIpc) is 3.10. The molecule has 23 heavy (non-hydrogen) atoms. The van der Waals surface area contributed by atoms with Crippen molar-refractivity contribution in [3.8, 4) is 0 Å². The summed E-state index contributed by atoms with van der Waals surface area (Å²) in [4.78, 5) is 12.1. The molecule has 3 nitrogen and oxygen atoms in total. The van der Waals surface area contributed by atoms with Crippen molar-refractivity contribution in [3.05, 3.63) is 35.9 Å². The molecule has 1 atom stereocenters. The number of benzene rings is 1. The molecule has 0 radical (unpaired) electrons. The van der Waals surface area contributed by atoms with Crippen molar-refractivity contribution in [3.63, 3.8) is 0 Å². The third-order valence-electron chi connectivity index (χ3n) is 5.63. The summed E-state index contributed by atoms with van der Waals surface area (Å²) in [6.45, 7) is 3.12. The van der Waals surface area contributed by atoms with Gasteiger partial charge in [0.25, 0.3) is 0 Å². The first kappa shape index (κ1) is 16.5. The molecule has 2 aliphatic rings. The lowest BCUT2D eigenvalue weighted by Gasteiger charge is -2.28. The second-order valence-electron chi connectivity index (χ2n) is 7.33. The van der Waals surface area contributed by atoms with Crippen LogP contribution in [-0.2, 0) is 4.79 Å². The van der Waals surface area contributed by atoms with Crippen LogP contribution in [0, 0.1) is 11.8 Å². The third-order valence-corrected chi connectivity index (χ3v) is 5.63. The molecule has 1 aliphatic heterocycles. The molecule has 0 spiro atoms. The number of hydrogen-bond acceptors (Lipinski definition) is 2. The predicted octanol–water partition coefficient (Wildman–Crippen LogP) is 3.47. The second kappa shape index (κ2) is 8.49. The monoisotopic (exact) mass is 314 g/mol. The van der Waals surface area contributed by atoms with Crippen molar-refractivity contribution in [2.45, 2.75) is 50.9 Å². The molecule has 126 valence electrons. The molecule has 3 heteroatoms. The number of hydrogen-bond donors (Lipinski definition) is 2. The Morgan fingerprint density at radius 3 is 2.52 bits per heavy atom. The summed E-state index contributed by atoms with van der Waals surface area (Å²) in [5.41, 5.74) is 1.47. The molecule has 0 bridgehead atoms. The highest BCUT2D eigenvalue weighted by Crippen LogP contribution is 2.36. The van der Waals surface area contributed by atoms with Gasteiger partial charge < -0.3 is 10.6 Å². The van der Waals surface area contributed by atoms with Crippen molar-refractivity contribution in [1.29, 1.82) is 0 Å². The highest BCUT2D eigenvalue weighted by atomic mass is 16.1. The molecular weight excluding hydrogens is 284 g/mol. The minimum atomic E-state index is 0.263. The lowest BCUT2D eigenvalue weighted by atomic mass is 9.77. The summed E-state index contributed by atoms with van der Waals surface area (Å²) in [5, 5.41) is 6.51. The smallest absolute Gasteiger partial charge is 0.220 e. The topological polar surface area (TPSA) is 41.1 Å². The maximum Gasteiger partial charge on any atom is 0.220 e. The molecule has 1 heterocycles. The van der Waals surface area contributed by atoms with Crippen molar-refractivity contribution in [2.24, 2.45) is 11.8 Å². The molecule has 1 aliphatic carbocycles. The number of carbonyl (C=O) groups excluding carboxylic acids is 1. The van der Waals surface area contributed by atoms with Crippen molar-refractivity contribution in [1.82, 2.24) is 10.6 Å². The van der Waals surface area contributed by atoms with Gasteiger partial charge in [-0.3, -0.25) is 4.79 Å². The summed E-state index contributed by atoms with van der Waals surface area (Å²) in [5.74, 6) is 2.31. The Morgan fingerprint density at radius 2 is 1.83 bits per heavy atom. The number of carbonyl (C=O) groups is 1. The van der Waals surface area contributed by atoms with E-state index in [0.29, 0.717) is 11.8 Å². The third kappa shape index (κ3) is 5.07. The van der Waals surface area contributed by atoms with E-state index < -0.39 is 0 Å². The fourth-order valence-electron chi connectivity index (χ4n) is 4.14. The van der Waals surface area contributed by atoms with Gasteiger partial charge in [0.15, 0.2) is 0 Å². The van der Waals surface area contributed by atoms with E-state index in [-0.39, 0.29) is 5.91 Å². The van der Waals surface area contributed by atoms with Gasteiger partial charge in [0.2, 0.25) is 5.91 Å². The highest BCUT2D eigenvalue weighted by Gasteiger charge is 2.24. The summed E-state index contributed by atoms with van der Waals surface area (Å²) in [7, 11) is 0. The number of rotatable bonds is 6. The SMILES string of the molecule is O=C(CC1CCC(c2ccccc2)CC1)NCCC1CCNC1. The molecule has 1 saturated heterocycles. The first-order chi connectivity index (χ1) is 11.3. The van der Waals surface area contributed by atoms with Crippen LogP contribution in [0.4, 0.5) is 0 Å². The van der Waals surface area contributed by atoms with Gasteiger partial charge in [0.05, 0.1) is 0 Å². The van der Waals surface area contributed by atoms with Gasteiger partial charge in [0.1, 0.15) is 0 Å². The van der Waals surface area contributed by atoms with Gasteiger partial charge in [-0.25, -0.2) is 0 Å². The van der Waals surface area contributed by atoms with E-state index in [1.807, 2.05) is 0 Å². The summed E-state index contributed by atoms with van der Waals surface area (Å²) in [6, 6.07) is 10.8. The van der Waals surface area contributed by atoms with Gasteiger partial charge >= 0.3 is 0 Å². The van der Waals surface area contributed by atoms with Crippen LogP contribution in [0.2, 0.25) is 0 Å². The van der Waals surface area contributed by atoms with Gasteiger partial charge in [-0.15, -0.1) is 0 Å². The van der Waals surface area contributed by atoms with E-state index >= 15 is 0 Å². The largest absolute Gasteiger partial charge is 0.356 e. The van der Waals surface area contributed by atoms with E-state index in [9.17, 15) is 4.79 Å². The molecule has 1 amide bonds. The van der Waals surface area contributed by atoms with Crippen molar-refractivity contribution >= 4 is 5.91 Å². The molecule has 1 unspecified atom stereocenters. The lowest BCUT2D eigenvalue weighted by Crippen LogP contribution is -2.29. The minimum absolute atomic E-state index is 0.263. The van der Waals surface area contributed by atoms with Crippen LogP contribution in [0.15, 0.2) is 30.3 Å². The molecular formula is C20H30N2O. The Hall–Kier alpha value is -1.35. The Labute approximate surface area is 140 Å². The zero-order valence-corrected chi connectivity index (χ0v) is 14.1. The van der Waals surface area contributed by atoms with E-state index in [1.54, 1.807) is 0 Å². The standard InChI is InChI=1S/C20H30N2O/c23-20(22-13-11-17-10-12-21-15-17)14-16-6-8-19(9-7-16)18-4-2-1-3-5-18/h1-5,16-17,19,21H,6-15H2,(H,22,23). The predicted molar refractivity (Wildman–Crippen MR) is 94.4 cm³/mol. The van der Waals surface area contributed by atoms with E-state index in [2.05, 4.69) is 41.0 Å². The minimum Gasteiger partial charge on any atom is -0.356 e. The maximum atomic E-state index is 12.1. The van der Waals surface area contributed by atoms with E-state index in [1.165, 1.54) is 37.7 Å². The zero-order chi connectivity index (χ0) is 15.9. The van der Waals surface area contributed by atoms with Gasteiger partial charge in [-0.1, -0.05) is 30.3 Å². The number of amides is 1. The van der Waals surface area contributed by atoms with Crippen molar-refractivity contribution < 1.29 is 4.79 Å². The summed E-state index contributed by atoms with van der Waals surface area (Å²) >= 11 is 0. The fourth-order valence-corrected chi connectivity index (χ4v) is 4.14. The molecule has 3 rings (SSSR count). The molecule has 0 aromatic heterocycles. The fraction of sp³-hybridized carbons (Fsp3) is 0.650. The molecule has 1 aromatic rings. The van der Waals surface area contributed by atoms with Crippen LogP contribution in [0.25, 0.3) is 0 Å². The summed E-state index contributed by atoms with van der Waals surface area (Å²) in [6.07, 6.45) is 7.97. The molecule has 1 aromatic carbocycles. The van der Waals surface area contributed by atoms with Crippen LogP contribution in [-0.4, -0.2) is 25.5 Å². The lowest BCUT2D eigenvalue weighted by molar-refractivity contribution is -0.122. The van der Waals surface area contributed by atoms with Crippen molar-refractivity contribution in [2.75, 3.05) is 19.6 Å². The Balaban J connectivity index is 1.32. The van der Waals surface area contributed by atoms with Gasteiger partial charge in [0, 0.05) is 13.0 Å². The van der Waals surface area contributed by atoms with Crippen LogP contribution < -0.4 is 10.6 Å². The van der Waals surface area contributed by atoms with Gasteiger partial charge in [-0.05, 0) is 74.9 Å². The van der Waals surface area contributed by atoms with Crippen LogP contribution >= 0.6 is 0 Å². The molecule has 1 saturated carbocycles. The van der Waals surface area contributed by atoms with Crippen LogP contribution in [0.5, 0.6) is 0 Å². The Kier molecular flexibility index (Phi) is 6.09. The zero-order valence-electron chi connectivity index (χ0n) is 14.1. The van der Waals surface area contributed by atoms with Crippen LogP contribution in [0.3, 0.4) is 0 Å². The number of nitrogens with one attached hydrogen (secondary N) is 2. The quantitative estimate of drug-likeness (QED) is 0.844. The van der Waals surface area contributed by atoms with E-state index in [4.69, 9.17) is 0 Å². The second-order valence-corrected chi connectivity index (χ2v) is 7.33. The average molecular weight is 314 g/mol. The molecule has 2 N–H and O–H groups in total. The van der Waals surface area contributed by atoms with Gasteiger partial charge in [-0.2, -0.15) is 0 Å². The Morgan fingerprint density at radius 1 is 1.04 bits per heavy atom. The Bertz CT molecular complexity index is 474. The first-order valence-electron chi connectivity index (χ1n) is 9.33. The summed E-state index contributed by atoms with van der Waals surface area (Å²) < 4.78 is 0. The van der Waals surface area contributed by atoms with E-state index in [0.717, 1.165) is 38.4 Å². The van der Waals surface area contributed by atoms with Crippen LogP contribution in [0.1, 0.15) is 56.4 Å². The maximum absolute atomic E-state index is 12.1. The highest BCUT2D eigenvalue weighted by molar-refractivity contribution is 5.76. The normalized spacial score (nSPS) is 27.7. The molecule has 2 fully saturated rings. The first-order valence-corrected chi connectivity index (χ1v) is 9.33.